The molecule has 0 fully saturated rings. The maximum Gasteiger partial charge on any atom is 2.00 e. The van der Waals surface area contributed by atoms with Gasteiger partial charge in [0.15, 0.2) is 0 Å². The van der Waals surface area contributed by atoms with Crippen LogP contribution in [0, 0.1) is 0 Å². The molecule has 504 valence electrons. The van der Waals surface area contributed by atoms with Crippen molar-refractivity contribution < 1.29 is 92.6 Å². The molecule has 0 heterocycles. The Morgan fingerprint density at radius 1 is 0.230 bits per heavy atom. The average Bonchev–Trinajstić information content (AvgIpc) is 3.22. The zero-order valence-corrected chi connectivity index (χ0v) is 70.8. The summed E-state index contributed by atoms with van der Waals surface area (Å²) in [5.41, 5.74) is 5.74. The second-order valence-corrected chi connectivity index (χ2v) is 43.0. The van der Waals surface area contributed by atoms with Crippen molar-refractivity contribution in [3.63, 3.8) is 0 Å². The van der Waals surface area contributed by atoms with Gasteiger partial charge < -0.3 is 0 Å². The van der Waals surface area contributed by atoms with Gasteiger partial charge >= 0.3 is 584 Å². The molecule has 0 aliphatic rings. The summed E-state index contributed by atoms with van der Waals surface area (Å²) in [6.45, 7) is 78.7. The fraction of sp³-hybridized carbons (Fsp3) is 0.684. The Labute approximate surface area is 578 Å². The Hall–Kier alpha value is -0.435. The van der Waals surface area contributed by atoms with Crippen LogP contribution in [0.25, 0.3) is 0 Å². The predicted octanol–water partition coefficient (Wildman–Crippen LogP) is 14.7. The molecule has 87 heavy (non-hydrogen) atoms. The van der Waals surface area contributed by atoms with Gasteiger partial charge in [0.1, 0.15) is 0 Å². The van der Waals surface area contributed by atoms with Gasteiger partial charge in [0.25, 0.3) is 0 Å². The molecular weight excluding hydrogens is 1660 g/mol. The van der Waals surface area contributed by atoms with Crippen LogP contribution in [0.4, 0.5) is 0 Å². The van der Waals surface area contributed by atoms with Crippen molar-refractivity contribution in [2.45, 2.75) is 341 Å². The van der Waals surface area contributed by atoms with Crippen molar-refractivity contribution in [1.29, 1.82) is 0 Å². The van der Waals surface area contributed by atoms with Crippen LogP contribution < -0.4 is 50.6 Å². The standard InChI is InChI=1S/2C38H62O3P.3Pt/c2*1-20-25-26(34(5,6)7)23-29(37(14,15)16)32(30(25)38(17,18)19)42(39,40,41)31-27(35(8,9)10)21-24(33(2,3)4)22-28(31)36(11,12)13;;;/h2*21-23H,20H2,1-19H3;;;/q2*-3;3*+2. The van der Waals surface area contributed by atoms with Crippen LogP contribution in [-0.2, 0) is 141 Å². The van der Waals surface area contributed by atoms with E-state index in [4.69, 9.17) is 0 Å². The van der Waals surface area contributed by atoms with E-state index in [-0.39, 0.29) is 106 Å². The average molecular weight is 1780 g/mol. The third-order valence-electron chi connectivity index (χ3n) is 17.0. The summed E-state index contributed by atoms with van der Waals surface area (Å²) in [7, 11) is -13.1. The Morgan fingerprint density at radius 3 is 0.517 bits per heavy atom. The summed E-state index contributed by atoms with van der Waals surface area (Å²) in [5.74, 6) is 0. The van der Waals surface area contributed by atoms with Crippen LogP contribution in [0.5, 0.6) is 0 Å². The van der Waals surface area contributed by atoms with E-state index in [1.54, 1.807) is 0 Å². The molecule has 0 unspecified atom stereocenters. The van der Waals surface area contributed by atoms with Crippen molar-refractivity contribution >= 4 is 35.8 Å². The van der Waals surface area contributed by atoms with Crippen molar-refractivity contribution in [3.05, 3.63) is 114 Å². The van der Waals surface area contributed by atoms with E-state index in [1.165, 1.54) is 0 Å². The summed E-state index contributed by atoms with van der Waals surface area (Å²) in [6, 6.07) is 12.1. The Morgan fingerprint density at radius 2 is 0.391 bits per heavy atom. The molecule has 0 aromatic heterocycles. The van der Waals surface area contributed by atoms with Crippen molar-refractivity contribution in [1.82, 2.24) is 0 Å². The Bertz CT molecular complexity index is 2820. The van der Waals surface area contributed by atoms with Crippen LogP contribution in [0.3, 0.4) is 0 Å². The first-order chi connectivity index (χ1) is 36.3. The fourth-order valence-corrected chi connectivity index (χ4v) is 19.6. The number of hydrogen-bond donors (Lipinski definition) is 0. The molecule has 4 rings (SSSR count). The molecule has 0 spiro atoms. The first-order valence-electron chi connectivity index (χ1n) is 31.6. The molecule has 6 nitrogen and oxygen atoms in total. The topological polar surface area (TPSA) is 138 Å². The van der Waals surface area contributed by atoms with Gasteiger partial charge in [-0.3, -0.25) is 0 Å². The second kappa shape index (κ2) is 25.9. The summed E-state index contributed by atoms with van der Waals surface area (Å²) in [6.07, 6.45) is 1.29. The Kier molecular flexibility index (Phi) is 25.8. The second-order valence-electron chi connectivity index (χ2n) is 37.7. The molecule has 0 atom stereocenters. The number of benzene rings is 4. The molecule has 4 aromatic carbocycles. The summed E-state index contributed by atoms with van der Waals surface area (Å²) in [4.78, 5) is 94.6. The summed E-state index contributed by atoms with van der Waals surface area (Å²) in [5, 5.41) is -0.0261. The van der Waals surface area contributed by atoms with Gasteiger partial charge in [0, 0.05) is 0 Å². The van der Waals surface area contributed by atoms with Gasteiger partial charge in [-0.1, -0.05) is 0 Å². The van der Waals surface area contributed by atoms with Crippen molar-refractivity contribution in [2.75, 3.05) is 0 Å². The van der Waals surface area contributed by atoms with Crippen LogP contribution in [0.15, 0.2) is 36.4 Å². The third kappa shape index (κ3) is 18.5. The molecule has 0 radical (unpaired) electrons. The molecular formula is C76H124O6P2Pt3. The minimum Gasteiger partial charge on any atom is 2.00 e. The van der Waals surface area contributed by atoms with Crippen LogP contribution in [-0.4, -0.2) is 0 Å². The van der Waals surface area contributed by atoms with E-state index >= 15 is 29.4 Å². The number of rotatable bonds is 6. The van der Waals surface area contributed by atoms with E-state index in [0.29, 0.717) is 57.3 Å². The normalized spacial score (nSPS) is 15.0. The minimum absolute atomic E-state index is 0. The van der Waals surface area contributed by atoms with Crippen LogP contribution >= 0.6 is 14.6 Å². The largest absolute Gasteiger partial charge is 2.00 e. The molecule has 0 N–H and O–H groups in total. The van der Waals surface area contributed by atoms with Gasteiger partial charge in [0.2, 0.25) is 0 Å². The van der Waals surface area contributed by atoms with E-state index in [0.717, 1.165) is 33.4 Å². The molecule has 0 saturated carbocycles. The maximum absolute atomic E-state index is 15.8. The molecule has 0 aliphatic heterocycles. The van der Waals surface area contributed by atoms with E-state index < -0.39 is 57.9 Å². The zero-order valence-electron chi connectivity index (χ0n) is 62.2. The minimum atomic E-state index is -6.56. The maximum atomic E-state index is 15.8. The zero-order chi connectivity index (χ0) is 66.9. The molecule has 0 amide bonds. The van der Waals surface area contributed by atoms with Gasteiger partial charge in [0.05, 0.1) is 0 Å². The molecule has 0 saturated heterocycles. The smallest absolute Gasteiger partial charge is 2.00 e. The van der Waals surface area contributed by atoms with Gasteiger partial charge in [-0.05, 0) is 0 Å². The molecule has 0 aliphatic carbocycles. The van der Waals surface area contributed by atoms with Crippen molar-refractivity contribution in [3.8, 4) is 0 Å². The fourth-order valence-electron chi connectivity index (χ4n) is 12.5. The number of hydrogen-bond acceptors (Lipinski definition) is 6. The Balaban J connectivity index is 0.00000164. The third-order valence-corrected chi connectivity index (χ3v) is 22.0. The molecule has 4 aromatic rings. The predicted molar refractivity (Wildman–Crippen MR) is 361 cm³/mol. The van der Waals surface area contributed by atoms with Gasteiger partial charge in [-0.15, -0.1) is 0 Å². The molecule has 11 heteroatoms. The molecule has 0 bridgehead atoms. The summed E-state index contributed by atoms with van der Waals surface area (Å²) >= 11 is 0. The summed E-state index contributed by atoms with van der Waals surface area (Å²) < 4.78 is 0. The quantitative estimate of drug-likeness (QED) is 0.176. The van der Waals surface area contributed by atoms with Crippen LogP contribution in [0.2, 0.25) is 0 Å². The van der Waals surface area contributed by atoms with Crippen molar-refractivity contribution in [2.24, 2.45) is 0 Å². The van der Waals surface area contributed by atoms with E-state index in [9.17, 15) is 0 Å². The van der Waals surface area contributed by atoms with Gasteiger partial charge in [-0.25, -0.2) is 0 Å². The van der Waals surface area contributed by atoms with Crippen LogP contribution in [0.1, 0.15) is 341 Å². The monoisotopic (exact) mass is 1780 g/mol. The van der Waals surface area contributed by atoms with E-state index in [1.807, 2.05) is 149 Å². The van der Waals surface area contributed by atoms with Gasteiger partial charge in [-0.2, -0.15) is 0 Å². The first-order valence-corrected chi connectivity index (χ1v) is 35.6. The SMILES string of the molecule is CCc1c(C(C)(C)C)cc(C(C)(C)C)c(P([O-])([O-])([O-])c2c(C(C)(C)C)cc(C(C)(C)C)cc2C(C)(C)C)c1C(C)(C)C.CCc1c(C(C)(C)C)cc(C(C)(C)C)c(P([O-])([O-])([O-])c2c(C(C)(C)C)cc(C(C)(C)C)cc2C(C)(C)C)c1C(C)(C)C.[Pt+2].[Pt+2].[Pt+2]. The first kappa shape index (κ1) is 86.6. The van der Waals surface area contributed by atoms with E-state index in [2.05, 4.69) is 151 Å².